The van der Waals surface area contributed by atoms with Gasteiger partial charge in [-0.1, -0.05) is 34.1 Å². The fourth-order valence-electron chi connectivity index (χ4n) is 1.52. The SMILES string of the molecule is COCCC(CO)Cc1ccccc1Br. The van der Waals surface area contributed by atoms with E-state index in [9.17, 15) is 5.11 Å². The van der Waals surface area contributed by atoms with Gasteiger partial charge < -0.3 is 9.84 Å². The Hall–Kier alpha value is -0.380. The number of benzene rings is 1. The average Bonchev–Trinajstić information content (AvgIpc) is 2.26. The molecule has 1 unspecified atom stereocenters. The molecule has 1 rings (SSSR count). The third-order valence-corrected chi connectivity index (χ3v) is 3.23. The van der Waals surface area contributed by atoms with Crippen LogP contribution in [0.5, 0.6) is 0 Å². The molecule has 0 spiro atoms. The summed E-state index contributed by atoms with van der Waals surface area (Å²) < 4.78 is 6.13. The van der Waals surface area contributed by atoms with Gasteiger partial charge in [0, 0.05) is 24.8 Å². The van der Waals surface area contributed by atoms with E-state index in [0.29, 0.717) is 6.61 Å². The van der Waals surface area contributed by atoms with Crippen molar-refractivity contribution < 1.29 is 9.84 Å². The minimum Gasteiger partial charge on any atom is -0.396 e. The van der Waals surface area contributed by atoms with E-state index >= 15 is 0 Å². The first-order valence-corrected chi connectivity index (χ1v) is 5.90. The normalized spacial score (nSPS) is 12.7. The predicted octanol–water partition coefficient (Wildman–Crippen LogP) is 2.64. The number of rotatable bonds is 6. The molecule has 1 aromatic rings. The lowest BCUT2D eigenvalue weighted by Crippen LogP contribution is -2.12. The van der Waals surface area contributed by atoms with Crippen molar-refractivity contribution in [2.24, 2.45) is 5.92 Å². The molecule has 84 valence electrons. The van der Waals surface area contributed by atoms with Crippen molar-refractivity contribution in [1.29, 1.82) is 0 Å². The van der Waals surface area contributed by atoms with Crippen LogP contribution in [0.25, 0.3) is 0 Å². The van der Waals surface area contributed by atoms with E-state index in [-0.39, 0.29) is 12.5 Å². The summed E-state index contributed by atoms with van der Waals surface area (Å²) in [4.78, 5) is 0. The maximum Gasteiger partial charge on any atom is 0.0465 e. The first-order chi connectivity index (χ1) is 7.27. The summed E-state index contributed by atoms with van der Waals surface area (Å²) in [6, 6.07) is 8.13. The minimum atomic E-state index is 0.213. The molecule has 0 aliphatic heterocycles. The quantitative estimate of drug-likeness (QED) is 0.863. The Morgan fingerprint density at radius 2 is 2.13 bits per heavy atom. The summed E-state index contributed by atoms with van der Waals surface area (Å²) in [6.45, 7) is 0.917. The second-order valence-electron chi connectivity index (χ2n) is 3.63. The highest BCUT2D eigenvalue weighted by Gasteiger charge is 2.09. The Morgan fingerprint density at radius 1 is 1.40 bits per heavy atom. The fraction of sp³-hybridized carbons (Fsp3) is 0.500. The maximum atomic E-state index is 9.23. The summed E-state index contributed by atoms with van der Waals surface area (Å²) in [5.41, 5.74) is 1.24. The molecule has 0 aliphatic carbocycles. The van der Waals surface area contributed by atoms with Crippen molar-refractivity contribution in [3.05, 3.63) is 34.3 Å². The first-order valence-electron chi connectivity index (χ1n) is 5.11. The van der Waals surface area contributed by atoms with Crippen molar-refractivity contribution in [1.82, 2.24) is 0 Å². The number of hydrogen-bond donors (Lipinski definition) is 1. The van der Waals surface area contributed by atoms with Crippen LogP contribution in [0.1, 0.15) is 12.0 Å². The standard InChI is InChI=1S/C12H17BrO2/c1-15-7-6-10(9-14)8-11-4-2-3-5-12(11)13/h2-5,10,14H,6-9H2,1H3. The number of hydrogen-bond acceptors (Lipinski definition) is 2. The van der Waals surface area contributed by atoms with Crippen LogP contribution in [0.2, 0.25) is 0 Å². The lowest BCUT2D eigenvalue weighted by molar-refractivity contribution is 0.147. The van der Waals surface area contributed by atoms with Crippen LogP contribution in [0.3, 0.4) is 0 Å². The molecule has 0 heterocycles. The van der Waals surface area contributed by atoms with Crippen LogP contribution in [0.4, 0.5) is 0 Å². The predicted molar refractivity (Wildman–Crippen MR) is 64.9 cm³/mol. The van der Waals surface area contributed by atoms with Gasteiger partial charge in [0.2, 0.25) is 0 Å². The molecule has 0 bridgehead atoms. The Labute approximate surface area is 99.4 Å². The third kappa shape index (κ3) is 4.33. The third-order valence-electron chi connectivity index (χ3n) is 2.45. The van der Waals surface area contributed by atoms with Gasteiger partial charge in [0.05, 0.1) is 0 Å². The smallest absolute Gasteiger partial charge is 0.0465 e. The molecule has 1 aromatic carbocycles. The molecule has 3 heteroatoms. The Morgan fingerprint density at radius 3 is 2.73 bits per heavy atom. The second kappa shape index (κ2) is 6.99. The molecule has 2 nitrogen and oxygen atoms in total. The van der Waals surface area contributed by atoms with Crippen molar-refractivity contribution in [2.75, 3.05) is 20.3 Å². The van der Waals surface area contributed by atoms with Crippen LogP contribution in [-0.2, 0) is 11.2 Å². The lowest BCUT2D eigenvalue weighted by Gasteiger charge is -2.14. The summed E-state index contributed by atoms with van der Waals surface area (Å²) in [5, 5.41) is 9.23. The number of aliphatic hydroxyl groups is 1. The number of aliphatic hydroxyl groups excluding tert-OH is 1. The average molecular weight is 273 g/mol. The fourth-order valence-corrected chi connectivity index (χ4v) is 1.96. The van der Waals surface area contributed by atoms with E-state index in [4.69, 9.17) is 4.74 Å². The summed E-state index contributed by atoms with van der Waals surface area (Å²) in [5.74, 6) is 0.281. The molecule has 0 fully saturated rings. The van der Waals surface area contributed by atoms with Gasteiger partial charge in [-0.3, -0.25) is 0 Å². The van der Waals surface area contributed by atoms with Gasteiger partial charge in [-0.2, -0.15) is 0 Å². The van der Waals surface area contributed by atoms with E-state index in [2.05, 4.69) is 22.0 Å². The van der Waals surface area contributed by atoms with Gasteiger partial charge in [-0.25, -0.2) is 0 Å². The highest BCUT2D eigenvalue weighted by atomic mass is 79.9. The topological polar surface area (TPSA) is 29.5 Å². The van der Waals surface area contributed by atoms with E-state index in [1.807, 2.05) is 18.2 Å². The van der Waals surface area contributed by atoms with Crippen LogP contribution < -0.4 is 0 Å². The van der Waals surface area contributed by atoms with Crippen LogP contribution in [0.15, 0.2) is 28.7 Å². The van der Waals surface area contributed by atoms with Gasteiger partial charge in [-0.15, -0.1) is 0 Å². The van der Waals surface area contributed by atoms with Crippen molar-refractivity contribution in [3.63, 3.8) is 0 Å². The largest absolute Gasteiger partial charge is 0.396 e. The van der Waals surface area contributed by atoms with Crippen molar-refractivity contribution in [3.8, 4) is 0 Å². The molecule has 0 amide bonds. The zero-order valence-corrected chi connectivity index (χ0v) is 10.5. The number of ether oxygens (including phenoxy) is 1. The minimum absolute atomic E-state index is 0.213. The first kappa shape index (κ1) is 12.7. The van der Waals surface area contributed by atoms with E-state index in [1.165, 1.54) is 5.56 Å². The van der Waals surface area contributed by atoms with Crippen molar-refractivity contribution >= 4 is 15.9 Å². The Kier molecular flexibility index (Phi) is 5.91. The molecular weight excluding hydrogens is 256 g/mol. The van der Waals surface area contributed by atoms with E-state index in [1.54, 1.807) is 7.11 Å². The van der Waals surface area contributed by atoms with E-state index < -0.39 is 0 Å². The molecule has 0 aromatic heterocycles. The molecule has 1 atom stereocenters. The Balaban J connectivity index is 2.54. The molecule has 1 N–H and O–H groups in total. The monoisotopic (exact) mass is 272 g/mol. The maximum absolute atomic E-state index is 9.23. The number of methoxy groups -OCH3 is 1. The van der Waals surface area contributed by atoms with Gasteiger partial charge in [0.1, 0.15) is 0 Å². The summed E-state index contributed by atoms with van der Waals surface area (Å²) in [6.07, 6.45) is 1.79. The lowest BCUT2D eigenvalue weighted by atomic mass is 9.97. The highest BCUT2D eigenvalue weighted by Crippen LogP contribution is 2.20. The molecule has 0 saturated heterocycles. The van der Waals surface area contributed by atoms with Gasteiger partial charge in [-0.05, 0) is 30.4 Å². The van der Waals surface area contributed by atoms with Gasteiger partial charge in [0.25, 0.3) is 0 Å². The van der Waals surface area contributed by atoms with Gasteiger partial charge >= 0.3 is 0 Å². The molecule has 0 saturated carbocycles. The molecule has 0 aliphatic rings. The molecule has 15 heavy (non-hydrogen) atoms. The molecule has 0 radical (unpaired) electrons. The zero-order chi connectivity index (χ0) is 11.1. The highest BCUT2D eigenvalue weighted by molar-refractivity contribution is 9.10. The van der Waals surface area contributed by atoms with Crippen molar-refractivity contribution in [2.45, 2.75) is 12.8 Å². The summed E-state index contributed by atoms with van der Waals surface area (Å²) in [7, 11) is 1.69. The van der Waals surface area contributed by atoms with Crippen LogP contribution >= 0.6 is 15.9 Å². The second-order valence-corrected chi connectivity index (χ2v) is 4.48. The van der Waals surface area contributed by atoms with Gasteiger partial charge in [0.15, 0.2) is 0 Å². The van der Waals surface area contributed by atoms with Crippen LogP contribution in [-0.4, -0.2) is 25.4 Å². The molecular formula is C12H17BrO2. The zero-order valence-electron chi connectivity index (χ0n) is 8.95. The Bertz CT molecular complexity index is 289. The summed E-state index contributed by atoms with van der Waals surface area (Å²) >= 11 is 3.51. The van der Waals surface area contributed by atoms with E-state index in [0.717, 1.165) is 17.3 Å². The number of halogens is 1. The van der Waals surface area contributed by atoms with Crippen LogP contribution in [0, 0.1) is 5.92 Å².